The molecule has 1 amide bonds. The van der Waals surface area contributed by atoms with E-state index >= 15 is 0 Å². The molecule has 0 bridgehead atoms. The molecule has 1 saturated carbocycles. The number of carbonyl (C=O) groups excluding carboxylic acids is 1. The first-order valence-electron chi connectivity index (χ1n) is 9.80. The maximum Gasteiger partial charge on any atom is 0.427 e. The zero-order valence-corrected chi connectivity index (χ0v) is 16.0. The Morgan fingerprint density at radius 2 is 2.00 bits per heavy atom. The van der Waals surface area contributed by atoms with Crippen LogP contribution in [-0.4, -0.2) is 43.8 Å². The summed E-state index contributed by atoms with van der Waals surface area (Å²) < 4.78 is 5.54. The smallest absolute Gasteiger partial charge is 0.409 e. The van der Waals surface area contributed by atoms with Gasteiger partial charge in [0.1, 0.15) is 5.75 Å². The number of fused-ring (bicyclic) bond motifs is 3. The van der Waals surface area contributed by atoms with Crippen LogP contribution >= 0.6 is 0 Å². The molecule has 0 radical (unpaired) electrons. The maximum atomic E-state index is 12.2. The molecule has 2 atom stereocenters. The Bertz CT molecular complexity index is 688. The van der Waals surface area contributed by atoms with Gasteiger partial charge in [0.15, 0.2) is 0 Å². The van der Waals surface area contributed by atoms with Crippen molar-refractivity contribution in [3.8, 4) is 5.75 Å². The number of hydrogen-bond acceptors (Lipinski definition) is 5. The third kappa shape index (κ3) is 2.95. The number of rotatable bonds is 3. The fourth-order valence-electron chi connectivity index (χ4n) is 5.16. The highest BCUT2D eigenvalue weighted by Crippen LogP contribution is 2.51. The lowest BCUT2D eigenvalue weighted by Gasteiger charge is -2.32. The molecular weight excluding hydrogens is 328 g/mol. The van der Waals surface area contributed by atoms with Gasteiger partial charge < -0.3 is 9.64 Å². The molecule has 6 nitrogen and oxygen atoms in total. The van der Waals surface area contributed by atoms with Crippen LogP contribution in [0.3, 0.4) is 0 Å². The van der Waals surface area contributed by atoms with Crippen LogP contribution in [0.15, 0.2) is 18.2 Å². The van der Waals surface area contributed by atoms with E-state index in [1.807, 2.05) is 12.1 Å². The Morgan fingerprint density at radius 1 is 1.23 bits per heavy atom. The summed E-state index contributed by atoms with van der Waals surface area (Å²) in [6.45, 7) is 3.40. The van der Waals surface area contributed by atoms with E-state index in [0.717, 1.165) is 25.8 Å². The van der Waals surface area contributed by atoms with Crippen LogP contribution in [0, 0.1) is 0 Å². The van der Waals surface area contributed by atoms with E-state index in [4.69, 9.17) is 4.74 Å². The van der Waals surface area contributed by atoms with Crippen molar-refractivity contribution >= 4 is 11.8 Å². The molecular formula is C20H30N4O2. The average molecular weight is 358 g/mol. The summed E-state index contributed by atoms with van der Waals surface area (Å²) >= 11 is 0. The first kappa shape index (κ1) is 17.6. The number of carbonyl (C=O) groups is 1. The van der Waals surface area contributed by atoms with Crippen molar-refractivity contribution in [3.05, 3.63) is 23.8 Å². The summed E-state index contributed by atoms with van der Waals surface area (Å²) in [6, 6.07) is 6.37. The van der Waals surface area contributed by atoms with E-state index in [1.165, 1.54) is 30.5 Å². The number of nitrogens with one attached hydrogen (secondary N) is 2. The number of likely N-dealkylation sites (tertiary alicyclic amines) is 1. The largest absolute Gasteiger partial charge is 0.427 e. The van der Waals surface area contributed by atoms with Crippen molar-refractivity contribution in [2.45, 2.75) is 63.1 Å². The van der Waals surface area contributed by atoms with Crippen molar-refractivity contribution in [2.75, 3.05) is 25.5 Å². The van der Waals surface area contributed by atoms with E-state index in [1.54, 1.807) is 0 Å². The molecule has 0 unspecified atom stereocenters. The Morgan fingerprint density at radius 3 is 2.77 bits per heavy atom. The number of nitrogens with zero attached hydrogens (tertiary/aromatic N) is 2. The maximum absolute atomic E-state index is 12.2. The zero-order chi connectivity index (χ0) is 18.3. The van der Waals surface area contributed by atoms with Crippen LogP contribution in [0.5, 0.6) is 5.75 Å². The number of hydrazine groups is 1. The summed E-state index contributed by atoms with van der Waals surface area (Å²) in [5.41, 5.74) is 8.41. The van der Waals surface area contributed by atoms with Gasteiger partial charge in [-0.05, 0) is 50.1 Å². The minimum Gasteiger partial charge on any atom is -0.409 e. The van der Waals surface area contributed by atoms with Crippen LogP contribution in [-0.2, 0) is 5.41 Å². The minimum atomic E-state index is -0.438. The second kappa shape index (κ2) is 6.74. The SMILES string of the molecule is CN1CC[C@@]2(C)c3cc(OC(=O)NNC4CCCCC4)ccc3N(C)[C@H]12. The first-order chi connectivity index (χ1) is 12.5. The number of ether oxygens (including phenoxy) is 1. The summed E-state index contributed by atoms with van der Waals surface area (Å²) in [4.78, 5) is 16.9. The van der Waals surface area contributed by atoms with Gasteiger partial charge in [-0.3, -0.25) is 10.3 Å². The van der Waals surface area contributed by atoms with Gasteiger partial charge in [0.25, 0.3) is 0 Å². The number of hydrogen-bond donors (Lipinski definition) is 2. The summed E-state index contributed by atoms with van der Waals surface area (Å²) in [6.07, 6.45) is 7.01. The Kier molecular flexibility index (Phi) is 4.57. The van der Waals surface area contributed by atoms with E-state index in [9.17, 15) is 4.79 Å². The highest BCUT2D eigenvalue weighted by Gasteiger charge is 2.52. The number of benzene rings is 1. The zero-order valence-electron chi connectivity index (χ0n) is 16.0. The van der Waals surface area contributed by atoms with Crippen molar-refractivity contribution in [2.24, 2.45) is 0 Å². The summed E-state index contributed by atoms with van der Waals surface area (Å²) in [7, 11) is 4.33. The van der Waals surface area contributed by atoms with Gasteiger partial charge in [0.2, 0.25) is 0 Å². The van der Waals surface area contributed by atoms with Crippen LogP contribution in [0.2, 0.25) is 0 Å². The van der Waals surface area contributed by atoms with Gasteiger partial charge in [-0.25, -0.2) is 10.2 Å². The highest BCUT2D eigenvalue weighted by atomic mass is 16.6. The average Bonchev–Trinajstić information content (AvgIpc) is 3.06. The number of anilines is 1. The quantitative estimate of drug-likeness (QED) is 0.814. The predicted molar refractivity (Wildman–Crippen MR) is 102 cm³/mol. The van der Waals surface area contributed by atoms with E-state index in [2.05, 4.69) is 47.7 Å². The topological polar surface area (TPSA) is 56.8 Å². The van der Waals surface area contributed by atoms with Gasteiger partial charge in [0.05, 0.1) is 6.17 Å². The van der Waals surface area contributed by atoms with E-state index in [0.29, 0.717) is 18.0 Å². The molecule has 1 aromatic carbocycles. The normalized spacial score (nSPS) is 28.7. The highest BCUT2D eigenvalue weighted by molar-refractivity contribution is 5.72. The lowest BCUT2D eigenvalue weighted by atomic mass is 9.81. The first-order valence-corrected chi connectivity index (χ1v) is 9.80. The lowest BCUT2D eigenvalue weighted by Crippen LogP contribution is -2.46. The molecule has 1 saturated heterocycles. The third-order valence-corrected chi connectivity index (χ3v) is 6.50. The number of amides is 1. The molecule has 0 spiro atoms. The predicted octanol–water partition coefficient (Wildman–Crippen LogP) is 2.98. The second-order valence-corrected chi connectivity index (χ2v) is 8.31. The van der Waals surface area contributed by atoms with Crippen LogP contribution in [0.25, 0.3) is 0 Å². The van der Waals surface area contributed by atoms with Gasteiger partial charge in [0, 0.05) is 30.7 Å². The van der Waals surface area contributed by atoms with Crippen LogP contribution < -0.4 is 20.5 Å². The van der Waals surface area contributed by atoms with Gasteiger partial charge in [-0.1, -0.05) is 26.2 Å². The monoisotopic (exact) mass is 358 g/mol. The summed E-state index contributed by atoms with van der Waals surface area (Å²) in [5.74, 6) is 0.608. The molecule has 1 aromatic rings. The fraction of sp³-hybridized carbons (Fsp3) is 0.650. The van der Waals surface area contributed by atoms with Crippen molar-refractivity contribution in [1.82, 2.24) is 15.8 Å². The van der Waals surface area contributed by atoms with Gasteiger partial charge >= 0.3 is 6.09 Å². The molecule has 1 aliphatic carbocycles. The van der Waals surface area contributed by atoms with Gasteiger partial charge in [-0.2, -0.15) is 0 Å². The molecule has 3 aliphatic rings. The molecule has 26 heavy (non-hydrogen) atoms. The minimum absolute atomic E-state index is 0.0784. The molecule has 2 heterocycles. The molecule has 2 aliphatic heterocycles. The fourth-order valence-corrected chi connectivity index (χ4v) is 5.16. The van der Waals surface area contributed by atoms with Crippen LogP contribution in [0.4, 0.5) is 10.5 Å². The van der Waals surface area contributed by atoms with Crippen molar-refractivity contribution < 1.29 is 9.53 Å². The second-order valence-electron chi connectivity index (χ2n) is 8.31. The molecule has 4 rings (SSSR count). The van der Waals surface area contributed by atoms with E-state index in [-0.39, 0.29) is 5.41 Å². The van der Waals surface area contributed by atoms with Gasteiger partial charge in [-0.15, -0.1) is 0 Å². The molecule has 0 aromatic heterocycles. The van der Waals surface area contributed by atoms with E-state index < -0.39 is 6.09 Å². The Balaban J connectivity index is 1.43. The Labute approximate surface area is 155 Å². The third-order valence-electron chi connectivity index (χ3n) is 6.50. The standard InChI is InChI=1S/C20H30N4O2/c1-20-11-12-23(2)18(20)24(3)17-10-9-15(13-16(17)20)26-19(25)22-21-14-7-5-4-6-8-14/h9-10,13-14,18,21H,4-8,11-12H2,1-3H3,(H,22,25)/t18-,20-/m0/s1. The molecule has 6 heteroatoms. The number of likely N-dealkylation sites (N-methyl/N-ethyl adjacent to an activating group) is 2. The van der Waals surface area contributed by atoms with Crippen molar-refractivity contribution in [3.63, 3.8) is 0 Å². The molecule has 2 fully saturated rings. The molecule has 142 valence electrons. The van der Waals surface area contributed by atoms with Crippen molar-refractivity contribution in [1.29, 1.82) is 0 Å². The van der Waals surface area contributed by atoms with Crippen LogP contribution in [0.1, 0.15) is 51.0 Å². The summed E-state index contributed by atoms with van der Waals surface area (Å²) in [5, 5.41) is 0. The molecule has 2 N–H and O–H groups in total. The Hall–Kier alpha value is -1.79. The lowest BCUT2D eigenvalue weighted by molar-refractivity contribution is 0.189.